The van der Waals surface area contributed by atoms with E-state index in [9.17, 15) is 8.42 Å². The molecule has 0 unspecified atom stereocenters. The van der Waals surface area contributed by atoms with Crippen molar-refractivity contribution in [2.24, 2.45) is 4.36 Å². The number of hydrogen-bond acceptors (Lipinski definition) is 4. The van der Waals surface area contributed by atoms with Crippen LogP contribution in [0.4, 0.5) is 5.69 Å². The van der Waals surface area contributed by atoms with Gasteiger partial charge in [-0.3, -0.25) is 0 Å². The van der Waals surface area contributed by atoms with E-state index < -0.39 is 10.5 Å². The van der Waals surface area contributed by atoms with E-state index in [1.54, 1.807) is 18.2 Å². The Balaban J connectivity index is 2.98. The monoisotopic (exact) mass is 199 g/mol. The van der Waals surface area contributed by atoms with Gasteiger partial charge in [-0.05, 0) is 24.1 Å². The minimum absolute atomic E-state index is 0.0456. The second-order valence-corrected chi connectivity index (χ2v) is 3.07. The van der Waals surface area contributed by atoms with E-state index in [2.05, 4.69) is 4.36 Å². The maximum atomic E-state index is 10.2. The van der Waals surface area contributed by atoms with Crippen molar-refractivity contribution in [3.63, 3.8) is 0 Å². The summed E-state index contributed by atoms with van der Waals surface area (Å²) in [5.74, 6) is 0. The summed E-state index contributed by atoms with van der Waals surface area (Å²) in [7, 11) is -2.42. The quantitative estimate of drug-likeness (QED) is 0.787. The summed E-state index contributed by atoms with van der Waals surface area (Å²) in [5.41, 5.74) is 1.26. The van der Waals surface area contributed by atoms with E-state index in [-0.39, 0.29) is 6.61 Å². The van der Waals surface area contributed by atoms with E-state index in [0.29, 0.717) is 12.1 Å². The highest BCUT2D eigenvalue weighted by Crippen LogP contribution is 2.13. The predicted octanol–water partition coefficient (Wildman–Crippen LogP) is 0.916. The Bertz CT molecular complexity index is 403. The summed E-state index contributed by atoms with van der Waals surface area (Å²) in [5, 5.41) is 8.64. The van der Waals surface area contributed by atoms with Gasteiger partial charge in [-0.25, -0.2) is 0 Å². The molecule has 0 aliphatic carbocycles. The Morgan fingerprint density at radius 1 is 1.38 bits per heavy atom. The van der Waals surface area contributed by atoms with Crippen molar-refractivity contribution in [1.82, 2.24) is 0 Å². The lowest BCUT2D eigenvalue weighted by molar-refractivity contribution is 0.299. The Morgan fingerprint density at radius 2 is 2.15 bits per heavy atom. The number of aliphatic hydroxyl groups excluding tert-OH is 1. The van der Waals surface area contributed by atoms with Crippen LogP contribution in [0.25, 0.3) is 0 Å². The Kier molecular flexibility index (Phi) is 3.60. The molecule has 1 aromatic carbocycles. The van der Waals surface area contributed by atoms with E-state index in [1.807, 2.05) is 6.07 Å². The van der Waals surface area contributed by atoms with Crippen LogP contribution in [-0.4, -0.2) is 20.1 Å². The molecule has 0 atom stereocenters. The average molecular weight is 199 g/mol. The fourth-order valence-electron chi connectivity index (χ4n) is 0.984. The van der Waals surface area contributed by atoms with Gasteiger partial charge in [0.25, 0.3) is 0 Å². The van der Waals surface area contributed by atoms with Crippen molar-refractivity contribution in [3.05, 3.63) is 29.8 Å². The van der Waals surface area contributed by atoms with Gasteiger partial charge in [0.15, 0.2) is 0 Å². The summed E-state index contributed by atoms with van der Waals surface area (Å²) in [6.07, 6.45) is 0.509. The number of benzene rings is 1. The van der Waals surface area contributed by atoms with E-state index >= 15 is 0 Å². The molecule has 0 spiro atoms. The molecule has 0 saturated heterocycles. The maximum Gasteiger partial charge on any atom is 0.316 e. The van der Waals surface area contributed by atoms with Gasteiger partial charge in [0.2, 0.25) is 0 Å². The van der Waals surface area contributed by atoms with Gasteiger partial charge in [-0.15, -0.1) is 4.36 Å². The first-order valence-electron chi connectivity index (χ1n) is 3.73. The summed E-state index contributed by atoms with van der Waals surface area (Å²) in [6, 6.07) is 6.74. The molecule has 0 aromatic heterocycles. The highest BCUT2D eigenvalue weighted by Gasteiger charge is 1.93. The highest BCUT2D eigenvalue weighted by atomic mass is 32.2. The van der Waals surface area contributed by atoms with Crippen molar-refractivity contribution >= 4 is 16.2 Å². The van der Waals surface area contributed by atoms with Crippen molar-refractivity contribution in [2.75, 3.05) is 6.61 Å². The lowest BCUT2D eigenvalue weighted by Crippen LogP contribution is -1.88. The van der Waals surface area contributed by atoms with Crippen LogP contribution in [0.5, 0.6) is 0 Å². The van der Waals surface area contributed by atoms with Gasteiger partial charge in [-0.2, -0.15) is 8.42 Å². The topological polar surface area (TPSA) is 66.7 Å². The first kappa shape index (κ1) is 9.88. The van der Waals surface area contributed by atoms with E-state index in [0.717, 1.165) is 5.56 Å². The normalized spacial score (nSPS) is 9.62. The number of rotatable bonds is 3. The molecule has 0 radical (unpaired) electrons. The van der Waals surface area contributed by atoms with Gasteiger partial charge < -0.3 is 5.11 Å². The van der Waals surface area contributed by atoms with Gasteiger partial charge in [-0.1, -0.05) is 12.1 Å². The van der Waals surface area contributed by atoms with Gasteiger partial charge >= 0.3 is 10.5 Å². The van der Waals surface area contributed by atoms with E-state index in [1.165, 1.54) is 0 Å². The highest BCUT2D eigenvalue weighted by molar-refractivity contribution is 7.61. The fourth-order valence-corrected chi connectivity index (χ4v) is 1.27. The molecule has 0 amide bonds. The van der Waals surface area contributed by atoms with Crippen molar-refractivity contribution < 1.29 is 13.5 Å². The molecule has 0 saturated carbocycles. The largest absolute Gasteiger partial charge is 0.396 e. The summed E-state index contributed by atoms with van der Waals surface area (Å²) >= 11 is 0. The van der Waals surface area contributed by atoms with Crippen molar-refractivity contribution in [3.8, 4) is 0 Å². The maximum absolute atomic E-state index is 10.2. The number of aliphatic hydroxyl groups is 1. The number of nitrogens with zero attached hydrogens (tertiary/aromatic N) is 1. The molecule has 0 aliphatic rings. The lowest BCUT2D eigenvalue weighted by Gasteiger charge is -1.97. The molecule has 5 heteroatoms. The van der Waals surface area contributed by atoms with E-state index in [4.69, 9.17) is 5.11 Å². The Labute approximate surface area is 77.5 Å². The lowest BCUT2D eigenvalue weighted by atomic mass is 10.1. The smallest absolute Gasteiger partial charge is 0.316 e. The number of hydrogen-bond donors (Lipinski definition) is 1. The first-order valence-corrected chi connectivity index (χ1v) is 4.76. The minimum Gasteiger partial charge on any atom is -0.396 e. The van der Waals surface area contributed by atoms with Crippen LogP contribution < -0.4 is 0 Å². The second kappa shape index (κ2) is 4.74. The SMILES string of the molecule is O=S(=O)=Nc1cccc(CCO)c1. The van der Waals surface area contributed by atoms with Gasteiger partial charge in [0, 0.05) is 6.61 Å². The molecule has 1 rings (SSSR count). The van der Waals surface area contributed by atoms with Crippen LogP contribution in [-0.2, 0) is 16.9 Å². The van der Waals surface area contributed by atoms with Crippen LogP contribution in [0.15, 0.2) is 28.6 Å². The summed E-state index contributed by atoms with van der Waals surface area (Å²) < 4.78 is 23.8. The van der Waals surface area contributed by atoms with Crippen molar-refractivity contribution in [2.45, 2.75) is 6.42 Å². The molecule has 13 heavy (non-hydrogen) atoms. The third kappa shape index (κ3) is 3.35. The van der Waals surface area contributed by atoms with Gasteiger partial charge in [0.05, 0.1) is 5.69 Å². The zero-order valence-corrected chi connectivity index (χ0v) is 7.66. The van der Waals surface area contributed by atoms with Crippen LogP contribution in [0.2, 0.25) is 0 Å². The third-order valence-corrected chi connectivity index (χ3v) is 1.85. The zero-order chi connectivity index (χ0) is 9.68. The molecule has 0 fully saturated rings. The summed E-state index contributed by atoms with van der Waals surface area (Å²) in [4.78, 5) is 0. The minimum atomic E-state index is -2.42. The van der Waals surface area contributed by atoms with Crippen molar-refractivity contribution in [1.29, 1.82) is 0 Å². The van der Waals surface area contributed by atoms with Crippen LogP contribution in [0, 0.1) is 0 Å². The Hall–Kier alpha value is -1.20. The molecular weight excluding hydrogens is 190 g/mol. The zero-order valence-electron chi connectivity index (χ0n) is 6.84. The molecule has 1 N–H and O–H groups in total. The van der Waals surface area contributed by atoms with Gasteiger partial charge in [0.1, 0.15) is 0 Å². The fraction of sp³-hybridized carbons (Fsp3) is 0.250. The standard InChI is InChI=1S/C8H9NO3S/c10-5-4-7-2-1-3-8(6-7)9-13(11)12/h1-3,6,10H,4-5H2. The summed E-state index contributed by atoms with van der Waals surface area (Å²) in [6.45, 7) is 0.0456. The van der Waals surface area contributed by atoms with Crippen LogP contribution >= 0.6 is 0 Å². The first-order chi connectivity index (χ1) is 6.22. The molecule has 0 aliphatic heterocycles. The molecular formula is C8H9NO3S. The second-order valence-electron chi connectivity index (χ2n) is 2.45. The molecule has 0 bridgehead atoms. The molecule has 4 nitrogen and oxygen atoms in total. The van der Waals surface area contributed by atoms with Crippen LogP contribution in [0.1, 0.15) is 5.56 Å². The van der Waals surface area contributed by atoms with Crippen LogP contribution in [0.3, 0.4) is 0 Å². The Morgan fingerprint density at radius 3 is 2.77 bits per heavy atom. The predicted molar refractivity (Wildman–Crippen MR) is 48.2 cm³/mol. The average Bonchev–Trinajstić information content (AvgIpc) is 2.04. The molecule has 1 aromatic rings. The molecule has 0 heterocycles. The molecule has 70 valence electrons. The third-order valence-electron chi connectivity index (χ3n) is 1.49.